The molecule has 3 N–H and O–H groups in total. The van der Waals surface area contributed by atoms with Gasteiger partial charge < -0.3 is 20.5 Å². The molecule has 2 atom stereocenters. The predicted molar refractivity (Wildman–Crippen MR) is 72.9 cm³/mol. The van der Waals surface area contributed by atoms with Crippen LogP contribution in [0, 0.1) is 11.3 Å². The Morgan fingerprint density at radius 1 is 1.50 bits per heavy atom. The van der Waals surface area contributed by atoms with Gasteiger partial charge in [0.15, 0.2) is 0 Å². The summed E-state index contributed by atoms with van der Waals surface area (Å²) in [6.07, 6.45) is 0.478. The third kappa shape index (κ3) is 5.10. The first-order chi connectivity index (χ1) is 7.97. The van der Waals surface area contributed by atoms with Crippen LogP contribution in [0.4, 0.5) is 0 Å². The number of halogens is 1. The van der Waals surface area contributed by atoms with E-state index in [1.54, 1.807) is 0 Å². The van der Waals surface area contributed by atoms with Crippen LogP contribution in [0.1, 0.15) is 20.3 Å². The number of carbonyl (C=O) groups is 1. The number of esters is 1. The zero-order chi connectivity index (χ0) is 12.9. The fourth-order valence-corrected chi connectivity index (χ4v) is 1.99. The van der Waals surface area contributed by atoms with Crippen LogP contribution in [-0.2, 0) is 9.53 Å². The topological polar surface area (TPSA) is 70.6 Å². The zero-order valence-corrected chi connectivity index (χ0v) is 12.2. The first-order valence-corrected chi connectivity index (χ1v) is 6.15. The maximum atomic E-state index is 11.4. The summed E-state index contributed by atoms with van der Waals surface area (Å²) in [7, 11) is 1.41. The molecule has 5 nitrogen and oxygen atoms in total. The van der Waals surface area contributed by atoms with Crippen molar-refractivity contribution in [3.8, 4) is 0 Å². The maximum absolute atomic E-state index is 11.4. The number of aliphatic hydroxyl groups is 1. The van der Waals surface area contributed by atoms with Gasteiger partial charge in [0.05, 0.1) is 18.6 Å². The molecule has 18 heavy (non-hydrogen) atoms. The molecule has 0 aliphatic carbocycles. The number of β-amino-alcohol motifs (C(OH)–C–C–N with tert-alkyl or cyclic N) is 1. The number of methoxy groups -OCH3 is 1. The van der Waals surface area contributed by atoms with Crippen molar-refractivity contribution in [3.05, 3.63) is 0 Å². The second-order valence-corrected chi connectivity index (χ2v) is 5.32. The molecule has 0 bridgehead atoms. The van der Waals surface area contributed by atoms with Crippen LogP contribution >= 0.6 is 12.4 Å². The summed E-state index contributed by atoms with van der Waals surface area (Å²) in [5.74, 6) is 0.0955. The van der Waals surface area contributed by atoms with Gasteiger partial charge in [-0.3, -0.25) is 4.79 Å². The zero-order valence-electron chi connectivity index (χ0n) is 11.4. The molecule has 1 saturated heterocycles. The first-order valence-electron chi connectivity index (χ1n) is 6.15. The molecule has 0 aromatic carbocycles. The molecular formula is C12H25ClN2O3. The number of hydrogen-bond acceptors (Lipinski definition) is 5. The van der Waals surface area contributed by atoms with E-state index in [0.717, 1.165) is 26.1 Å². The largest absolute Gasteiger partial charge is 0.469 e. The van der Waals surface area contributed by atoms with Crippen LogP contribution < -0.4 is 10.6 Å². The van der Waals surface area contributed by atoms with Crippen LogP contribution in [0.3, 0.4) is 0 Å². The van der Waals surface area contributed by atoms with Gasteiger partial charge in [0.1, 0.15) is 0 Å². The van der Waals surface area contributed by atoms with E-state index in [-0.39, 0.29) is 30.4 Å². The van der Waals surface area contributed by atoms with E-state index in [1.807, 2.05) is 13.8 Å². The highest BCUT2D eigenvalue weighted by Gasteiger charge is 2.28. The lowest BCUT2D eigenvalue weighted by molar-refractivity contribution is -0.151. The molecule has 1 heterocycles. The highest BCUT2D eigenvalue weighted by atomic mass is 35.5. The highest BCUT2D eigenvalue weighted by molar-refractivity contribution is 5.85. The minimum atomic E-state index is -0.450. The molecule has 1 aliphatic rings. The molecule has 2 unspecified atom stereocenters. The Morgan fingerprint density at radius 3 is 2.67 bits per heavy atom. The van der Waals surface area contributed by atoms with Crippen molar-refractivity contribution in [1.29, 1.82) is 0 Å². The summed E-state index contributed by atoms with van der Waals surface area (Å²) in [6.45, 7) is 6.84. The Kier molecular flexibility index (Phi) is 7.78. The fraction of sp³-hybridized carbons (Fsp3) is 0.917. The Hall–Kier alpha value is -0.360. The monoisotopic (exact) mass is 280 g/mol. The Labute approximate surface area is 115 Å². The minimum absolute atomic E-state index is 0. The van der Waals surface area contributed by atoms with Crippen molar-refractivity contribution in [1.82, 2.24) is 10.6 Å². The molecular weight excluding hydrogens is 256 g/mol. The van der Waals surface area contributed by atoms with Crippen molar-refractivity contribution in [3.63, 3.8) is 0 Å². The normalized spacial score (nSPS) is 23.6. The molecule has 1 fully saturated rings. The average Bonchev–Trinajstić information content (AvgIpc) is 2.69. The van der Waals surface area contributed by atoms with Gasteiger partial charge in [-0.15, -0.1) is 12.4 Å². The number of hydrogen-bond donors (Lipinski definition) is 3. The third-order valence-electron chi connectivity index (χ3n) is 3.38. The van der Waals surface area contributed by atoms with Gasteiger partial charge in [-0.2, -0.15) is 0 Å². The van der Waals surface area contributed by atoms with E-state index in [9.17, 15) is 9.90 Å². The second-order valence-electron chi connectivity index (χ2n) is 5.32. The Balaban J connectivity index is 0.00000289. The number of ether oxygens (including phenoxy) is 1. The SMILES string of the molecule is COC(=O)C(C)(C)CCNCC1CNCC1O.Cl. The summed E-state index contributed by atoms with van der Waals surface area (Å²) >= 11 is 0. The van der Waals surface area contributed by atoms with E-state index >= 15 is 0 Å². The molecule has 1 aliphatic heterocycles. The average molecular weight is 281 g/mol. The molecule has 1 rings (SSSR count). The lowest BCUT2D eigenvalue weighted by Gasteiger charge is -2.22. The summed E-state index contributed by atoms with van der Waals surface area (Å²) in [5.41, 5.74) is -0.450. The molecule has 0 saturated carbocycles. The van der Waals surface area contributed by atoms with Gasteiger partial charge in [0, 0.05) is 25.6 Å². The van der Waals surface area contributed by atoms with Crippen molar-refractivity contribution >= 4 is 18.4 Å². The van der Waals surface area contributed by atoms with Crippen molar-refractivity contribution in [2.45, 2.75) is 26.4 Å². The Morgan fingerprint density at radius 2 is 2.17 bits per heavy atom. The van der Waals surface area contributed by atoms with Gasteiger partial charge in [-0.25, -0.2) is 0 Å². The summed E-state index contributed by atoms with van der Waals surface area (Å²) in [5, 5.41) is 16.0. The molecule has 0 aromatic heterocycles. The predicted octanol–water partition coefficient (Wildman–Crippen LogP) is 0.167. The van der Waals surface area contributed by atoms with Gasteiger partial charge in [-0.1, -0.05) is 0 Å². The standard InChI is InChI=1S/C12H24N2O3.ClH/c1-12(2,11(16)17-3)4-5-13-6-9-7-14-8-10(9)15;/h9-10,13-15H,4-8H2,1-3H3;1H. The van der Waals surface area contributed by atoms with E-state index in [2.05, 4.69) is 10.6 Å². The first kappa shape index (κ1) is 17.6. The number of aliphatic hydroxyl groups excluding tert-OH is 1. The summed E-state index contributed by atoms with van der Waals surface area (Å²) in [4.78, 5) is 11.4. The summed E-state index contributed by atoms with van der Waals surface area (Å²) in [6, 6.07) is 0. The number of carbonyl (C=O) groups excluding carboxylic acids is 1. The lowest BCUT2D eigenvalue weighted by Crippen LogP contribution is -2.34. The molecule has 0 amide bonds. The fourth-order valence-electron chi connectivity index (χ4n) is 1.99. The molecule has 6 heteroatoms. The van der Waals surface area contributed by atoms with E-state index in [4.69, 9.17) is 4.74 Å². The third-order valence-corrected chi connectivity index (χ3v) is 3.38. The smallest absolute Gasteiger partial charge is 0.311 e. The van der Waals surface area contributed by atoms with Crippen LogP contribution in [0.5, 0.6) is 0 Å². The molecule has 0 aromatic rings. The van der Waals surface area contributed by atoms with Crippen molar-refractivity contribution in [2.75, 3.05) is 33.3 Å². The lowest BCUT2D eigenvalue weighted by atomic mass is 9.89. The van der Waals surface area contributed by atoms with Gasteiger partial charge in [0.25, 0.3) is 0 Å². The number of nitrogens with one attached hydrogen (secondary N) is 2. The highest BCUT2D eigenvalue weighted by Crippen LogP contribution is 2.21. The van der Waals surface area contributed by atoms with Crippen molar-refractivity contribution in [2.24, 2.45) is 11.3 Å². The maximum Gasteiger partial charge on any atom is 0.311 e. The van der Waals surface area contributed by atoms with Gasteiger partial charge in [-0.05, 0) is 26.8 Å². The van der Waals surface area contributed by atoms with Crippen LogP contribution in [0.25, 0.3) is 0 Å². The van der Waals surface area contributed by atoms with Crippen molar-refractivity contribution < 1.29 is 14.6 Å². The van der Waals surface area contributed by atoms with Crippen LogP contribution in [0.2, 0.25) is 0 Å². The second kappa shape index (κ2) is 7.94. The molecule has 0 radical (unpaired) electrons. The number of rotatable bonds is 6. The van der Waals surface area contributed by atoms with Crippen LogP contribution in [-0.4, -0.2) is 50.5 Å². The quantitative estimate of drug-likeness (QED) is 0.478. The van der Waals surface area contributed by atoms with Gasteiger partial charge in [0.2, 0.25) is 0 Å². The Bertz CT molecular complexity index is 262. The summed E-state index contributed by atoms with van der Waals surface area (Å²) < 4.78 is 4.75. The minimum Gasteiger partial charge on any atom is -0.469 e. The van der Waals surface area contributed by atoms with E-state index in [1.165, 1.54) is 7.11 Å². The van der Waals surface area contributed by atoms with E-state index < -0.39 is 5.41 Å². The molecule has 108 valence electrons. The van der Waals surface area contributed by atoms with Crippen LogP contribution in [0.15, 0.2) is 0 Å². The van der Waals surface area contributed by atoms with E-state index in [0.29, 0.717) is 6.54 Å². The van der Waals surface area contributed by atoms with Gasteiger partial charge >= 0.3 is 5.97 Å². The molecule has 0 spiro atoms.